The van der Waals surface area contributed by atoms with Crippen molar-refractivity contribution in [1.29, 1.82) is 0 Å². The number of rotatable bonds is 1. The van der Waals surface area contributed by atoms with E-state index in [1.165, 1.54) is 0 Å². The maximum absolute atomic E-state index is 9.37. The summed E-state index contributed by atoms with van der Waals surface area (Å²) >= 11 is 0. The Morgan fingerprint density at radius 2 is 1.86 bits per heavy atom. The Bertz CT molecular complexity index is 45.4. The van der Waals surface area contributed by atoms with E-state index >= 15 is 0 Å². The van der Waals surface area contributed by atoms with Crippen molar-refractivity contribution in [2.45, 2.75) is 13.3 Å². The summed E-state index contributed by atoms with van der Waals surface area (Å²) in [6.45, 7) is 1.60. The van der Waals surface area contributed by atoms with Gasteiger partial charge in [0, 0.05) is 23.5 Å². The van der Waals surface area contributed by atoms with Crippen molar-refractivity contribution in [3.63, 3.8) is 0 Å². The first-order valence-corrected chi connectivity index (χ1v) is 1.49. The Morgan fingerprint density at radius 3 is 1.86 bits per heavy atom. The average Bonchev–Trinajstić information content (AvgIpc) is 1.38. The molecule has 0 aliphatic carbocycles. The first-order valence-electron chi connectivity index (χ1n) is 1.49. The maximum atomic E-state index is 9.37. The number of carbonyl (C=O) groups is 1. The molecule has 0 fully saturated rings. The molecule has 0 aromatic carbocycles. The predicted molar refractivity (Wildman–Crippen MR) is 21.5 cm³/mol. The van der Waals surface area contributed by atoms with Crippen LogP contribution < -0.4 is 0 Å². The van der Waals surface area contributed by atoms with Crippen LogP contribution in [-0.4, -0.2) is 16.6 Å². The van der Waals surface area contributed by atoms with E-state index in [1.54, 1.807) is 6.92 Å². The zero-order valence-electron chi connectivity index (χ0n) is 3.86. The summed E-state index contributed by atoms with van der Waals surface area (Å²) in [6, 6.07) is 0. The summed E-state index contributed by atoms with van der Waals surface area (Å²) in [4.78, 5) is 9.37. The topological polar surface area (TPSA) is 68.8 Å². The average molecular weight is 156 g/mol. The quantitative estimate of drug-likeness (QED) is 0.526. The second-order valence-corrected chi connectivity index (χ2v) is 0.747. The third-order valence-electron chi connectivity index (χ3n) is 0.302. The van der Waals surface area contributed by atoms with Crippen LogP contribution in [0.1, 0.15) is 13.3 Å². The van der Waals surface area contributed by atoms with E-state index < -0.39 is 5.97 Å². The fraction of sp³-hybridized carbons (Fsp3) is 0.667. The van der Waals surface area contributed by atoms with E-state index in [1.807, 2.05) is 0 Å². The van der Waals surface area contributed by atoms with Gasteiger partial charge in [0.25, 0.3) is 0 Å². The van der Waals surface area contributed by atoms with Crippen molar-refractivity contribution in [2.24, 2.45) is 0 Å². The molecule has 0 unspecified atom stereocenters. The number of hydrogen-bond acceptors (Lipinski definition) is 1. The van der Waals surface area contributed by atoms with Crippen molar-refractivity contribution in [3.8, 4) is 0 Å². The second-order valence-electron chi connectivity index (χ2n) is 0.747. The molecule has 0 aliphatic heterocycles. The molecule has 0 bridgehead atoms. The van der Waals surface area contributed by atoms with Gasteiger partial charge in [0.1, 0.15) is 0 Å². The van der Waals surface area contributed by atoms with E-state index in [9.17, 15) is 4.79 Å². The number of hydrogen-bond donors (Lipinski definition) is 1. The van der Waals surface area contributed by atoms with Crippen LogP contribution in [0.5, 0.6) is 0 Å². The van der Waals surface area contributed by atoms with Gasteiger partial charge in [0.15, 0.2) is 0 Å². The van der Waals surface area contributed by atoms with Crippen LogP contribution in [0.25, 0.3) is 0 Å². The first-order chi connectivity index (χ1) is 2.27. The number of carboxylic acid groups (broad SMARTS) is 1. The van der Waals surface area contributed by atoms with Crippen molar-refractivity contribution in [2.75, 3.05) is 0 Å². The summed E-state index contributed by atoms with van der Waals surface area (Å²) in [6.07, 6.45) is 0.222. The summed E-state index contributed by atoms with van der Waals surface area (Å²) < 4.78 is 0. The molecule has 3 nitrogen and oxygen atoms in total. The summed E-state index contributed by atoms with van der Waals surface area (Å²) in [5.41, 5.74) is 0. The van der Waals surface area contributed by atoms with Crippen molar-refractivity contribution < 1.29 is 32.4 Å². The second kappa shape index (κ2) is 9.34. The maximum Gasteiger partial charge on any atom is 0.303 e. The van der Waals surface area contributed by atoms with Crippen molar-refractivity contribution in [1.82, 2.24) is 0 Å². The van der Waals surface area contributed by atoms with Crippen LogP contribution >= 0.6 is 0 Å². The summed E-state index contributed by atoms with van der Waals surface area (Å²) in [5, 5.41) is 7.72. The largest absolute Gasteiger partial charge is 0.481 e. The Labute approximate surface area is 52.5 Å². The minimum atomic E-state index is -0.745. The Kier molecular flexibility index (Phi) is 21.0. The van der Waals surface area contributed by atoms with Crippen LogP contribution in [0.3, 0.4) is 0 Å². The van der Waals surface area contributed by atoms with E-state index in [0.29, 0.717) is 0 Å². The van der Waals surface area contributed by atoms with Crippen LogP contribution in [0.4, 0.5) is 0 Å². The molecule has 0 rings (SSSR count). The molecule has 3 N–H and O–H groups in total. The molecule has 0 saturated heterocycles. The Balaban J connectivity index is -0.0000000800. The van der Waals surface area contributed by atoms with E-state index in [0.717, 1.165) is 0 Å². The van der Waals surface area contributed by atoms with Crippen LogP contribution in [0.2, 0.25) is 0 Å². The molecule has 0 aromatic heterocycles. The van der Waals surface area contributed by atoms with E-state index in [-0.39, 0.29) is 29.0 Å². The molecule has 49 valence electrons. The first kappa shape index (κ1) is 15.8. The zero-order valence-corrected chi connectivity index (χ0v) is 4.81. The number of aliphatic carboxylic acids is 1. The van der Waals surface area contributed by atoms with Gasteiger partial charge < -0.3 is 10.6 Å². The molecule has 4 heteroatoms. The van der Waals surface area contributed by atoms with Gasteiger partial charge in [-0.25, -0.2) is 0 Å². The Morgan fingerprint density at radius 1 is 1.71 bits per heavy atom. The predicted octanol–water partition coefficient (Wildman–Crippen LogP) is -0.346. The van der Waals surface area contributed by atoms with E-state index in [2.05, 4.69) is 0 Å². The SMILES string of the molecule is CCC(=O)O.O.[Cu]. The molecule has 0 heterocycles. The van der Waals surface area contributed by atoms with Gasteiger partial charge in [0.05, 0.1) is 0 Å². The Hall–Kier alpha value is -0.0505. The molecule has 0 aromatic rings. The third-order valence-corrected chi connectivity index (χ3v) is 0.302. The van der Waals surface area contributed by atoms with Gasteiger partial charge in [-0.3, -0.25) is 4.79 Å². The van der Waals surface area contributed by atoms with Gasteiger partial charge in [-0.15, -0.1) is 0 Å². The van der Waals surface area contributed by atoms with Gasteiger partial charge >= 0.3 is 5.97 Å². The minimum absolute atomic E-state index is 0. The third kappa shape index (κ3) is 24.4. The van der Waals surface area contributed by atoms with Gasteiger partial charge in [-0.1, -0.05) is 6.92 Å². The minimum Gasteiger partial charge on any atom is -0.481 e. The zero-order chi connectivity index (χ0) is 4.28. The van der Waals surface area contributed by atoms with Crippen LogP contribution in [-0.2, 0) is 21.9 Å². The smallest absolute Gasteiger partial charge is 0.303 e. The van der Waals surface area contributed by atoms with Crippen LogP contribution in [0.15, 0.2) is 0 Å². The van der Waals surface area contributed by atoms with Gasteiger partial charge in [-0.05, 0) is 0 Å². The monoisotopic (exact) mass is 155 g/mol. The van der Waals surface area contributed by atoms with E-state index in [4.69, 9.17) is 5.11 Å². The standard InChI is InChI=1S/C3H6O2.Cu.H2O/c1-2-3(4)5;;/h2H2,1H3,(H,4,5);;1H2. The number of carboxylic acids is 1. The van der Waals surface area contributed by atoms with Gasteiger partial charge in [-0.2, -0.15) is 0 Å². The molecule has 0 atom stereocenters. The molecule has 0 aliphatic rings. The summed E-state index contributed by atoms with van der Waals surface area (Å²) in [7, 11) is 0. The fourth-order valence-electron chi connectivity index (χ4n) is 0. The summed E-state index contributed by atoms with van der Waals surface area (Å²) in [5.74, 6) is -0.745. The van der Waals surface area contributed by atoms with Crippen LogP contribution in [0, 0.1) is 0 Å². The molecular formula is C3H8CuO3. The van der Waals surface area contributed by atoms with Crippen molar-refractivity contribution in [3.05, 3.63) is 0 Å². The molecule has 0 spiro atoms. The molecule has 7 heavy (non-hydrogen) atoms. The van der Waals surface area contributed by atoms with Gasteiger partial charge in [0.2, 0.25) is 0 Å². The molecular weight excluding hydrogens is 148 g/mol. The molecule has 1 radical (unpaired) electrons. The molecule has 0 saturated carbocycles. The molecule has 0 amide bonds. The normalized spacial score (nSPS) is 5.29. The fourth-order valence-corrected chi connectivity index (χ4v) is 0. The van der Waals surface area contributed by atoms with Crippen molar-refractivity contribution >= 4 is 5.97 Å².